The molecule has 206 valence electrons. The number of nitrogens with zero attached hydrogens (tertiary/aromatic N) is 2. The Morgan fingerprint density at radius 1 is 1.26 bits per heavy atom. The van der Waals surface area contributed by atoms with E-state index in [2.05, 4.69) is 13.2 Å². The van der Waals surface area contributed by atoms with Gasteiger partial charge in [-0.15, -0.1) is 24.9 Å². The van der Waals surface area contributed by atoms with Crippen molar-refractivity contribution in [1.29, 1.82) is 0 Å². The van der Waals surface area contributed by atoms with Crippen LogP contribution in [0.25, 0.3) is 0 Å². The maximum Gasteiger partial charge on any atom is 0.310 e. The molecule has 0 radical (unpaired) electrons. The molecule has 3 aliphatic rings. The van der Waals surface area contributed by atoms with E-state index in [0.717, 1.165) is 12.0 Å². The standard InChI is InChI=1S/C30H40N2O5S/c1-6-8-17-37-28(36)23-22-14-15-30(38-22)24(23)26(34)32(21(19-33)18-20-12-10-9-11-13-20)25(30)27(35)31(16-7-2)29(3,4)5/h6-7,9-13,21-25,33H,1-2,8,14-19H2,3-5H3/t21-,22-,23+,24+,25?,30?/m1/s1. The molecule has 1 aromatic rings. The number of rotatable bonds is 11. The Hall–Kier alpha value is -2.58. The van der Waals surface area contributed by atoms with E-state index < -0.39 is 34.2 Å². The first kappa shape index (κ1) is 28.4. The Balaban J connectivity index is 1.77. The lowest BCUT2D eigenvalue weighted by molar-refractivity contribution is -0.154. The predicted octanol–water partition coefficient (Wildman–Crippen LogP) is 3.61. The van der Waals surface area contributed by atoms with E-state index in [1.165, 1.54) is 0 Å². The number of fused-ring (bicyclic) bond motifs is 1. The number of hydrogen-bond acceptors (Lipinski definition) is 6. The first-order chi connectivity index (χ1) is 18.1. The summed E-state index contributed by atoms with van der Waals surface area (Å²) >= 11 is 1.61. The molecule has 3 saturated heterocycles. The quantitative estimate of drug-likeness (QED) is 0.262. The van der Waals surface area contributed by atoms with Crippen molar-refractivity contribution >= 4 is 29.5 Å². The highest BCUT2D eigenvalue weighted by Gasteiger charge is 2.75. The van der Waals surface area contributed by atoms with E-state index in [1.807, 2.05) is 51.1 Å². The molecule has 1 N–H and O–H groups in total. The lowest BCUT2D eigenvalue weighted by Gasteiger charge is -2.43. The molecular formula is C30H40N2O5S. The minimum absolute atomic E-state index is 0.0678. The average molecular weight is 541 g/mol. The molecular weight excluding hydrogens is 500 g/mol. The van der Waals surface area contributed by atoms with Gasteiger partial charge in [0.15, 0.2) is 0 Å². The third-order valence-electron chi connectivity index (χ3n) is 8.12. The number of esters is 1. The van der Waals surface area contributed by atoms with Crippen LogP contribution in [0.5, 0.6) is 0 Å². The number of carbonyl (C=O) groups excluding carboxylic acids is 3. The van der Waals surface area contributed by atoms with Crippen LogP contribution in [0.1, 0.15) is 45.6 Å². The number of ether oxygens (including phenoxy) is 1. The summed E-state index contributed by atoms with van der Waals surface area (Å²) in [4.78, 5) is 45.5. The van der Waals surface area contributed by atoms with Crippen LogP contribution >= 0.6 is 11.8 Å². The van der Waals surface area contributed by atoms with E-state index in [-0.39, 0.29) is 36.2 Å². The molecule has 0 aromatic heterocycles. The van der Waals surface area contributed by atoms with Gasteiger partial charge in [-0.25, -0.2) is 0 Å². The molecule has 38 heavy (non-hydrogen) atoms. The normalized spacial score (nSPS) is 28.6. The molecule has 3 aliphatic heterocycles. The fourth-order valence-electron chi connectivity index (χ4n) is 6.48. The van der Waals surface area contributed by atoms with Gasteiger partial charge < -0.3 is 19.6 Å². The van der Waals surface area contributed by atoms with Gasteiger partial charge in [0.2, 0.25) is 11.8 Å². The molecule has 0 aliphatic carbocycles. The van der Waals surface area contributed by atoms with Gasteiger partial charge in [-0.1, -0.05) is 42.5 Å². The van der Waals surface area contributed by atoms with Crippen molar-refractivity contribution in [2.75, 3.05) is 19.8 Å². The Morgan fingerprint density at radius 2 is 1.97 bits per heavy atom. The van der Waals surface area contributed by atoms with Crippen molar-refractivity contribution in [3.05, 3.63) is 61.2 Å². The first-order valence-corrected chi connectivity index (χ1v) is 14.3. The van der Waals surface area contributed by atoms with Crippen molar-refractivity contribution < 1.29 is 24.2 Å². The number of hydrogen-bond donors (Lipinski definition) is 1. The van der Waals surface area contributed by atoms with Crippen molar-refractivity contribution in [3.63, 3.8) is 0 Å². The molecule has 4 rings (SSSR count). The van der Waals surface area contributed by atoms with Gasteiger partial charge in [-0.2, -0.15) is 0 Å². The van der Waals surface area contributed by atoms with Crippen molar-refractivity contribution in [2.24, 2.45) is 11.8 Å². The summed E-state index contributed by atoms with van der Waals surface area (Å²) in [5.74, 6) is -2.03. The van der Waals surface area contributed by atoms with E-state index >= 15 is 0 Å². The van der Waals surface area contributed by atoms with E-state index in [1.54, 1.807) is 33.7 Å². The highest BCUT2D eigenvalue weighted by atomic mass is 32.2. The first-order valence-electron chi connectivity index (χ1n) is 13.5. The predicted molar refractivity (Wildman–Crippen MR) is 149 cm³/mol. The van der Waals surface area contributed by atoms with E-state index in [0.29, 0.717) is 25.8 Å². The van der Waals surface area contributed by atoms with Gasteiger partial charge in [-0.05, 0) is 52.0 Å². The lowest BCUT2D eigenvalue weighted by atomic mass is 9.71. The summed E-state index contributed by atoms with van der Waals surface area (Å²) < 4.78 is 4.83. The number of carbonyl (C=O) groups is 3. The number of amides is 2. The number of benzene rings is 1. The van der Waals surface area contributed by atoms with E-state index in [4.69, 9.17) is 4.74 Å². The maximum absolute atomic E-state index is 14.5. The Kier molecular flexibility index (Phi) is 8.43. The zero-order chi connectivity index (χ0) is 27.7. The SMILES string of the molecule is C=CCCOC(=O)[C@@H]1[C@H]2C(=O)N([C@@H](CO)Cc3ccccc3)C(C(=O)N(CC=C)C(C)(C)C)C23CC[C@H]1S3. The zero-order valence-corrected chi connectivity index (χ0v) is 23.5. The van der Waals surface area contributed by atoms with Crippen LogP contribution in [0.2, 0.25) is 0 Å². The Labute approximate surface area is 230 Å². The highest BCUT2D eigenvalue weighted by Crippen LogP contribution is 2.67. The van der Waals surface area contributed by atoms with Crippen molar-refractivity contribution in [2.45, 2.75) is 74.1 Å². The Morgan fingerprint density at radius 3 is 2.58 bits per heavy atom. The zero-order valence-electron chi connectivity index (χ0n) is 22.7. The minimum atomic E-state index is -0.791. The summed E-state index contributed by atoms with van der Waals surface area (Å²) in [7, 11) is 0. The number of thioether (sulfide) groups is 1. The average Bonchev–Trinajstić information content (AvgIpc) is 3.53. The molecule has 0 saturated carbocycles. The monoisotopic (exact) mass is 540 g/mol. The minimum Gasteiger partial charge on any atom is -0.465 e. The molecule has 3 heterocycles. The van der Waals surface area contributed by atoms with Crippen LogP contribution in [0, 0.1) is 11.8 Å². The molecule has 7 nitrogen and oxygen atoms in total. The summed E-state index contributed by atoms with van der Waals surface area (Å²) in [5.41, 5.74) is 0.462. The molecule has 2 amide bonds. The van der Waals surface area contributed by atoms with Crippen LogP contribution < -0.4 is 0 Å². The molecule has 2 bridgehead atoms. The van der Waals surface area contributed by atoms with Crippen LogP contribution in [-0.4, -0.2) is 80.1 Å². The highest BCUT2D eigenvalue weighted by molar-refractivity contribution is 8.02. The van der Waals surface area contributed by atoms with Gasteiger partial charge in [0, 0.05) is 17.3 Å². The van der Waals surface area contributed by atoms with Crippen molar-refractivity contribution in [1.82, 2.24) is 9.80 Å². The smallest absolute Gasteiger partial charge is 0.310 e. The van der Waals surface area contributed by atoms with Crippen LogP contribution in [-0.2, 0) is 25.5 Å². The van der Waals surface area contributed by atoms with Crippen LogP contribution in [0.4, 0.5) is 0 Å². The number of likely N-dealkylation sites (tertiary alicyclic amines) is 1. The second kappa shape index (κ2) is 11.3. The molecule has 1 aromatic carbocycles. The van der Waals surface area contributed by atoms with Gasteiger partial charge in [0.05, 0.1) is 35.8 Å². The van der Waals surface area contributed by atoms with Gasteiger partial charge in [-0.3, -0.25) is 14.4 Å². The second-order valence-electron chi connectivity index (χ2n) is 11.5. The third-order valence-corrected chi connectivity index (χ3v) is 10.1. The topological polar surface area (TPSA) is 87.1 Å². The fourth-order valence-corrected chi connectivity index (χ4v) is 8.67. The van der Waals surface area contributed by atoms with Gasteiger partial charge >= 0.3 is 5.97 Å². The number of aliphatic hydroxyl groups excluding tert-OH is 1. The summed E-state index contributed by atoms with van der Waals surface area (Å²) in [6, 6.07) is 8.29. The summed E-state index contributed by atoms with van der Waals surface area (Å²) in [6.07, 6.45) is 5.75. The molecule has 6 atom stereocenters. The van der Waals surface area contributed by atoms with Gasteiger partial charge in [0.1, 0.15) is 6.04 Å². The van der Waals surface area contributed by atoms with Crippen molar-refractivity contribution in [3.8, 4) is 0 Å². The van der Waals surface area contributed by atoms with Gasteiger partial charge in [0.25, 0.3) is 0 Å². The Bertz CT molecular complexity index is 1070. The maximum atomic E-state index is 14.5. The van der Waals surface area contributed by atoms with E-state index in [9.17, 15) is 19.5 Å². The number of aliphatic hydroxyl groups is 1. The van der Waals surface area contributed by atoms with Crippen LogP contribution in [0.3, 0.4) is 0 Å². The largest absolute Gasteiger partial charge is 0.465 e. The van der Waals surface area contributed by atoms with Crippen LogP contribution in [0.15, 0.2) is 55.6 Å². The lowest BCUT2D eigenvalue weighted by Crippen LogP contribution is -2.60. The summed E-state index contributed by atoms with van der Waals surface area (Å²) in [6.45, 7) is 13.7. The molecule has 8 heteroatoms. The molecule has 1 spiro atoms. The summed E-state index contributed by atoms with van der Waals surface area (Å²) in [5, 5.41) is 10.5. The second-order valence-corrected chi connectivity index (χ2v) is 13.1. The third kappa shape index (κ3) is 4.93. The molecule has 3 fully saturated rings. The fraction of sp³-hybridized carbons (Fsp3) is 0.567. The molecule has 2 unspecified atom stereocenters.